The lowest BCUT2D eigenvalue weighted by Crippen LogP contribution is -2.39. The lowest BCUT2D eigenvalue weighted by Gasteiger charge is -2.26. The fraction of sp³-hybridized carbons (Fsp3) is 0.692. The van der Waals surface area contributed by atoms with E-state index in [2.05, 4.69) is 5.10 Å². The number of carbonyl (C=O) groups is 1. The third kappa shape index (κ3) is 3.62. The number of aromatic nitrogens is 2. The van der Waals surface area contributed by atoms with Gasteiger partial charge in [-0.25, -0.2) is 8.42 Å². The van der Waals surface area contributed by atoms with Crippen LogP contribution in [0.3, 0.4) is 0 Å². The van der Waals surface area contributed by atoms with Gasteiger partial charge in [0, 0.05) is 30.9 Å². The Morgan fingerprint density at radius 2 is 2.14 bits per heavy atom. The molecule has 0 spiro atoms. The first-order chi connectivity index (χ1) is 9.69. The molecule has 2 heterocycles. The normalized spacial score (nSPS) is 21.0. The minimum Gasteiger partial charge on any atom is -0.480 e. The minimum atomic E-state index is -3.04. The van der Waals surface area contributed by atoms with Crippen LogP contribution in [-0.2, 0) is 28.2 Å². The zero-order chi connectivity index (χ0) is 15.8. The summed E-state index contributed by atoms with van der Waals surface area (Å²) in [4.78, 5) is 12.8. The molecular weight excluding hydrogens is 294 g/mol. The van der Waals surface area contributed by atoms with E-state index in [1.165, 1.54) is 0 Å². The number of sulfone groups is 1. The Balaban J connectivity index is 2.23. The maximum atomic E-state index is 11.6. The largest absolute Gasteiger partial charge is 0.480 e. The summed E-state index contributed by atoms with van der Waals surface area (Å²) in [7, 11) is -1.20. The molecule has 1 aliphatic heterocycles. The Kier molecular flexibility index (Phi) is 4.38. The van der Waals surface area contributed by atoms with Crippen molar-refractivity contribution >= 4 is 15.8 Å². The predicted molar refractivity (Wildman–Crippen MR) is 77.8 cm³/mol. The molecule has 0 amide bonds. The number of carboxylic acids is 1. The van der Waals surface area contributed by atoms with Crippen LogP contribution in [0, 0.1) is 13.8 Å². The van der Waals surface area contributed by atoms with Gasteiger partial charge in [-0.15, -0.1) is 0 Å². The number of hydrogen-bond acceptors (Lipinski definition) is 5. The standard InChI is InChI=1S/C13H21N3O4S/c1-9-12(10(2)15(3)14-9)6-16(7-13(17)18)11-4-5-21(19,20)8-11/h11H,4-8H2,1-3H3,(H,17,18). The van der Waals surface area contributed by atoms with Gasteiger partial charge in [0.2, 0.25) is 0 Å². The smallest absolute Gasteiger partial charge is 0.317 e. The van der Waals surface area contributed by atoms with E-state index in [-0.39, 0.29) is 24.1 Å². The minimum absolute atomic E-state index is 0.0403. The Hall–Kier alpha value is -1.41. The Morgan fingerprint density at radius 1 is 1.48 bits per heavy atom. The molecule has 0 radical (unpaired) electrons. The van der Waals surface area contributed by atoms with Crippen LogP contribution in [0.5, 0.6) is 0 Å². The molecule has 1 aromatic heterocycles. The second-order valence-electron chi connectivity index (χ2n) is 5.63. The average molecular weight is 315 g/mol. The summed E-state index contributed by atoms with van der Waals surface area (Å²) in [6.45, 7) is 4.07. The van der Waals surface area contributed by atoms with Gasteiger partial charge in [0.05, 0.1) is 23.7 Å². The predicted octanol–water partition coefficient (Wildman–Crippen LogP) is 0.111. The molecule has 118 valence electrons. The van der Waals surface area contributed by atoms with Gasteiger partial charge in [-0.05, 0) is 20.3 Å². The second-order valence-corrected chi connectivity index (χ2v) is 7.86. The molecule has 1 atom stereocenters. The van der Waals surface area contributed by atoms with Crippen LogP contribution < -0.4 is 0 Å². The highest BCUT2D eigenvalue weighted by atomic mass is 32.2. The van der Waals surface area contributed by atoms with Crippen LogP contribution in [0.4, 0.5) is 0 Å². The van der Waals surface area contributed by atoms with Crippen molar-refractivity contribution in [3.05, 3.63) is 17.0 Å². The SMILES string of the molecule is Cc1nn(C)c(C)c1CN(CC(=O)O)C1CCS(=O)(=O)C1. The number of aryl methyl sites for hydroxylation is 2. The summed E-state index contributed by atoms with van der Waals surface area (Å²) >= 11 is 0. The van der Waals surface area contributed by atoms with Gasteiger partial charge in [0.1, 0.15) is 0 Å². The van der Waals surface area contributed by atoms with Crippen molar-refractivity contribution in [3.63, 3.8) is 0 Å². The van der Waals surface area contributed by atoms with Crippen molar-refractivity contribution in [1.29, 1.82) is 0 Å². The van der Waals surface area contributed by atoms with Crippen LogP contribution in [-0.4, -0.2) is 58.3 Å². The third-order valence-corrected chi connectivity index (χ3v) is 5.83. The molecule has 0 bridgehead atoms. The molecule has 1 unspecified atom stereocenters. The summed E-state index contributed by atoms with van der Waals surface area (Å²) in [6.07, 6.45) is 0.494. The molecule has 0 aliphatic carbocycles. The van der Waals surface area contributed by atoms with Crippen molar-refractivity contribution < 1.29 is 18.3 Å². The molecule has 1 aromatic rings. The van der Waals surface area contributed by atoms with Crippen LogP contribution in [0.25, 0.3) is 0 Å². The molecule has 21 heavy (non-hydrogen) atoms. The van der Waals surface area contributed by atoms with Crippen molar-refractivity contribution in [2.45, 2.75) is 32.9 Å². The monoisotopic (exact) mass is 315 g/mol. The van der Waals surface area contributed by atoms with Gasteiger partial charge >= 0.3 is 5.97 Å². The second kappa shape index (κ2) is 5.76. The molecule has 7 nitrogen and oxygen atoms in total. The summed E-state index contributed by atoms with van der Waals surface area (Å²) in [5.41, 5.74) is 2.80. The van der Waals surface area contributed by atoms with E-state index >= 15 is 0 Å². The molecule has 1 fully saturated rings. The Labute approximate surface area is 124 Å². The Bertz CT molecular complexity index is 651. The van der Waals surface area contributed by atoms with Crippen LogP contribution in [0.2, 0.25) is 0 Å². The van der Waals surface area contributed by atoms with E-state index in [9.17, 15) is 13.2 Å². The van der Waals surface area contributed by atoms with Crippen molar-refractivity contribution in [3.8, 4) is 0 Å². The van der Waals surface area contributed by atoms with E-state index in [1.807, 2.05) is 20.9 Å². The maximum absolute atomic E-state index is 11.6. The molecular formula is C13H21N3O4S. The highest BCUT2D eigenvalue weighted by Crippen LogP contribution is 2.22. The summed E-state index contributed by atoms with van der Waals surface area (Å²) < 4.78 is 25.0. The first kappa shape index (κ1) is 16.0. The van der Waals surface area contributed by atoms with Crippen molar-refractivity contribution in [2.75, 3.05) is 18.1 Å². The van der Waals surface area contributed by atoms with Gasteiger partial charge in [0.25, 0.3) is 0 Å². The topological polar surface area (TPSA) is 92.5 Å². The number of nitrogens with zero attached hydrogens (tertiary/aromatic N) is 3. The highest BCUT2D eigenvalue weighted by Gasteiger charge is 2.33. The third-order valence-electron chi connectivity index (χ3n) is 4.08. The van der Waals surface area contributed by atoms with E-state index in [0.29, 0.717) is 13.0 Å². The molecule has 1 N–H and O–H groups in total. The van der Waals surface area contributed by atoms with E-state index in [1.54, 1.807) is 9.58 Å². The van der Waals surface area contributed by atoms with Gasteiger partial charge < -0.3 is 5.11 Å². The molecule has 2 rings (SSSR count). The zero-order valence-electron chi connectivity index (χ0n) is 12.5. The van der Waals surface area contributed by atoms with Crippen LogP contribution in [0.15, 0.2) is 0 Å². The van der Waals surface area contributed by atoms with Crippen LogP contribution >= 0.6 is 0 Å². The lowest BCUT2D eigenvalue weighted by atomic mass is 10.1. The lowest BCUT2D eigenvalue weighted by molar-refractivity contribution is -0.139. The van der Waals surface area contributed by atoms with Gasteiger partial charge in [-0.2, -0.15) is 5.10 Å². The molecule has 0 aromatic carbocycles. The molecule has 1 saturated heterocycles. The quantitative estimate of drug-likeness (QED) is 0.829. The summed E-state index contributed by atoms with van der Waals surface area (Å²) in [5, 5.41) is 13.4. The molecule has 1 aliphatic rings. The number of hydrogen-bond donors (Lipinski definition) is 1. The summed E-state index contributed by atoms with van der Waals surface area (Å²) in [5.74, 6) is -0.768. The van der Waals surface area contributed by atoms with Crippen molar-refractivity contribution in [1.82, 2.24) is 14.7 Å². The van der Waals surface area contributed by atoms with Crippen LogP contribution in [0.1, 0.15) is 23.4 Å². The van der Waals surface area contributed by atoms with E-state index < -0.39 is 15.8 Å². The number of rotatable bonds is 5. The fourth-order valence-corrected chi connectivity index (χ4v) is 4.56. The number of carboxylic acid groups (broad SMARTS) is 1. The first-order valence-corrected chi connectivity index (χ1v) is 8.67. The van der Waals surface area contributed by atoms with Gasteiger partial charge in [-0.1, -0.05) is 0 Å². The van der Waals surface area contributed by atoms with Gasteiger partial charge in [0.15, 0.2) is 9.84 Å². The molecule has 0 saturated carbocycles. The van der Waals surface area contributed by atoms with E-state index in [0.717, 1.165) is 17.0 Å². The maximum Gasteiger partial charge on any atom is 0.317 e. The van der Waals surface area contributed by atoms with E-state index in [4.69, 9.17) is 5.11 Å². The van der Waals surface area contributed by atoms with Crippen molar-refractivity contribution in [2.24, 2.45) is 7.05 Å². The fourth-order valence-electron chi connectivity index (χ4n) is 2.80. The Morgan fingerprint density at radius 3 is 2.57 bits per heavy atom. The zero-order valence-corrected chi connectivity index (χ0v) is 13.4. The highest BCUT2D eigenvalue weighted by molar-refractivity contribution is 7.91. The molecule has 8 heteroatoms. The number of aliphatic carboxylic acids is 1. The average Bonchev–Trinajstić information content (AvgIpc) is 2.82. The summed E-state index contributed by atoms with van der Waals surface area (Å²) in [6, 6.07) is -0.231. The van der Waals surface area contributed by atoms with Gasteiger partial charge in [-0.3, -0.25) is 14.4 Å². The first-order valence-electron chi connectivity index (χ1n) is 6.85.